The SMILES string of the molecule is CCC1=C(C)c2nc1c(Br)c1[nH]c(c(C)c1CC)c(Br)c1nc(c(-c3ccc(N(c4ccccc4)c4ccc(-c5c6nc(c(-c7ccccc7C(F)(F)F)c7[nH]c(c(Br)c8nc(c(Br)c9[nH]c5c(CC)c9C)C(C)=C8CC)c(CC)c7C)C(C)=C6CC)cc4)cc3)c3[nH]c(c(C)c3CC)c2-c2ccccc2C(F)(F)F)C(CC)=C1C. The van der Waals surface area contributed by atoms with Crippen LogP contribution in [0.2, 0.25) is 0 Å². The average molecular weight is 1800 g/mol. The molecule has 4 aliphatic heterocycles. The van der Waals surface area contributed by atoms with Gasteiger partial charge in [-0.3, -0.25) is 0 Å². The van der Waals surface area contributed by atoms with E-state index < -0.39 is 23.5 Å². The van der Waals surface area contributed by atoms with Crippen LogP contribution in [0.5, 0.6) is 0 Å². The second-order valence-electron chi connectivity index (χ2n) is 30.0. The fourth-order valence-corrected chi connectivity index (χ4v) is 21.2. The molecule has 0 spiro atoms. The van der Waals surface area contributed by atoms with E-state index in [0.717, 1.165) is 214 Å². The molecule has 0 unspecified atom stereocenters. The lowest BCUT2D eigenvalue weighted by Crippen LogP contribution is -2.09. The van der Waals surface area contributed by atoms with Crippen LogP contribution in [0.4, 0.5) is 43.4 Å². The van der Waals surface area contributed by atoms with E-state index in [1.165, 1.54) is 12.1 Å². The number of halogens is 10. The van der Waals surface area contributed by atoms with Gasteiger partial charge in [0.15, 0.2) is 0 Å². The number of rotatable bonds is 15. The molecule has 0 aliphatic carbocycles. The molecule has 588 valence electrons. The molecule has 0 radical (unpaired) electrons. The molecular formula is C96H89Br4F6N9. The van der Waals surface area contributed by atoms with Gasteiger partial charge in [-0.05, 0) is 330 Å². The van der Waals surface area contributed by atoms with E-state index in [4.69, 9.17) is 19.9 Å². The van der Waals surface area contributed by atoms with E-state index in [-0.39, 0.29) is 11.1 Å². The van der Waals surface area contributed by atoms with Crippen molar-refractivity contribution in [2.75, 3.05) is 4.90 Å². The van der Waals surface area contributed by atoms with E-state index in [1.54, 1.807) is 24.3 Å². The van der Waals surface area contributed by atoms with Crippen molar-refractivity contribution in [1.82, 2.24) is 39.9 Å². The van der Waals surface area contributed by atoms with Crippen LogP contribution in [0.1, 0.15) is 210 Å². The predicted octanol–water partition coefficient (Wildman–Crippen LogP) is 31.0. The maximum Gasteiger partial charge on any atom is 0.417 e. The van der Waals surface area contributed by atoms with E-state index in [9.17, 15) is 0 Å². The Kier molecular flexibility index (Phi) is 21.9. The number of benzene rings is 5. The highest BCUT2D eigenvalue weighted by molar-refractivity contribution is 9.11. The third-order valence-corrected chi connectivity index (χ3v) is 27.2. The highest BCUT2D eigenvalue weighted by Gasteiger charge is 2.39. The molecule has 0 saturated carbocycles. The Morgan fingerprint density at radius 1 is 0.287 bits per heavy atom. The molecule has 4 N–H and O–H groups in total. The normalized spacial score (nSPS) is 13.4. The van der Waals surface area contributed by atoms with Gasteiger partial charge in [-0.1, -0.05) is 134 Å². The van der Waals surface area contributed by atoms with Gasteiger partial charge < -0.3 is 24.8 Å². The molecule has 0 saturated heterocycles. The Morgan fingerprint density at radius 2 is 0.565 bits per heavy atom. The van der Waals surface area contributed by atoms with Crippen LogP contribution in [0.3, 0.4) is 0 Å². The summed E-state index contributed by atoms with van der Waals surface area (Å²) in [5.74, 6) is 0. The van der Waals surface area contributed by atoms with Gasteiger partial charge >= 0.3 is 12.4 Å². The minimum Gasteiger partial charge on any atom is -0.354 e. The number of aryl methyl sites for hydroxylation is 8. The van der Waals surface area contributed by atoms with Gasteiger partial charge in [0, 0.05) is 39.3 Å². The van der Waals surface area contributed by atoms with Gasteiger partial charge in [0.25, 0.3) is 0 Å². The van der Waals surface area contributed by atoms with Crippen molar-refractivity contribution in [1.29, 1.82) is 0 Å². The lowest BCUT2D eigenvalue weighted by molar-refractivity contribution is -0.137. The number of H-pyrrole nitrogens is 4. The van der Waals surface area contributed by atoms with E-state index in [1.807, 2.05) is 45.9 Å². The monoisotopic (exact) mass is 1800 g/mol. The van der Waals surface area contributed by atoms with Gasteiger partial charge in [0.2, 0.25) is 0 Å². The molecule has 11 aromatic rings. The quantitative estimate of drug-likeness (QED) is 0.0763. The second kappa shape index (κ2) is 31.2. The molecule has 16 bridgehead atoms. The topological polar surface area (TPSA) is 118 Å². The first-order chi connectivity index (χ1) is 55.0. The lowest BCUT2D eigenvalue weighted by atomic mass is 9.91. The maximum absolute atomic E-state index is 15.8. The standard InChI is InChI=1S/C96H89Br4F6N9/c1-17-59-46(9)79-73(67-34-28-30-36-69(67)95(101,102)103)81-48(11)63(21-5)91(109-81)77(99)93-65(23-7)52(15)85(113-93)75(97)83-50(13)61(19-3)89(111-83)71(87(59)107-79)54-38-42-57(43-39-54)115(56-32-26-25-27-33-56)58-44-40-55(41-45-58)72-88-60(18-2)47(10)80(108-88)74(68-35-29-31-37-70(68)96(104,105)106)82-49(12)64(22-6)92(110-82)78(100)94-66(24-8)53(16)86(114-94)76(98)84-51(14)62(20-4)90(72)112-84/h25-45,107,110,112-113H,17-24H2,1-16H3. The molecular weight excluding hydrogens is 1710 g/mol. The molecule has 15 rings (SSSR count). The molecule has 0 amide bonds. The van der Waals surface area contributed by atoms with Crippen molar-refractivity contribution in [2.24, 2.45) is 0 Å². The Balaban J connectivity index is 1.00. The van der Waals surface area contributed by atoms with Gasteiger partial charge in [-0.2, -0.15) is 26.3 Å². The molecule has 5 aromatic carbocycles. The van der Waals surface area contributed by atoms with Gasteiger partial charge in [0.1, 0.15) is 0 Å². The number of nitrogens with one attached hydrogen (secondary N) is 4. The van der Waals surface area contributed by atoms with Crippen LogP contribution in [-0.2, 0) is 38.0 Å². The minimum absolute atomic E-state index is 0.0148. The number of allylic oxidation sites excluding steroid dienone is 8. The maximum atomic E-state index is 15.8. The van der Waals surface area contributed by atoms with Crippen LogP contribution in [0.15, 0.2) is 145 Å². The molecule has 9 nitrogen and oxygen atoms in total. The smallest absolute Gasteiger partial charge is 0.354 e. The highest BCUT2D eigenvalue weighted by Crippen LogP contribution is 2.54. The Bertz CT molecular complexity index is 6320. The number of para-hydroxylation sites is 1. The number of hydrogen-bond donors (Lipinski definition) is 4. The number of alkyl halides is 6. The third kappa shape index (κ3) is 13.2. The van der Waals surface area contributed by atoms with Crippen molar-refractivity contribution in [3.05, 3.63) is 246 Å². The second-order valence-corrected chi connectivity index (χ2v) is 33.2. The molecule has 10 heterocycles. The first kappa shape index (κ1) is 80.8. The summed E-state index contributed by atoms with van der Waals surface area (Å²) in [6.07, 6.45) is -4.67. The summed E-state index contributed by atoms with van der Waals surface area (Å²) in [7, 11) is 0. The van der Waals surface area contributed by atoms with Crippen LogP contribution < -0.4 is 4.90 Å². The fourth-order valence-electron chi connectivity index (χ4n) is 18.3. The zero-order valence-electron chi connectivity index (χ0n) is 67.3. The number of nitrogens with zero attached hydrogens (tertiary/aromatic N) is 5. The van der Waals surface area contributed by atoms with Gasteiger partial charge in [0.05, 0.1) is 119 Å². The zero-order chi connectivity index (χ0) is 82.0. The first-order valence-corrected chi connectivity index (χ1v) is 42.7. The number of aromatic amines is 4. The zero-order valence-corrected chi connectivity index (χ0v) is 73.6. The molecule has 19 heteroatoms. The summed E-state index contributed by atoms with van der Waals surface area (Å²) in [4.78, 5) is 40.1. The molecule has 4 aliphatic rings. The average Bonchev–Trinajstić information content (AvgIpc) is 1.58. The van der Waals surface area contributed by atoms with Crippen molar-refractivity contribution in [2.45, 2.75) is 174 Å². The highest BCUT2D eigenvalue weighted by atomic mass is 79.9. The van der Waals surface area contributed by atoms with Crippen molar-refractivity contribution >= 4 is 170 Å². The minimum atomic E-state index is -4.71. The summed E-state index contributed by atoms with van der Waals surface area (Å²) < 4.78 is 98.0. The summed E-state index contributed by atoms with van der Waals surface area (Å²) in [5, 5.41) is 0. The fraction of sp³-hybridized carbons (Fsp3) is 0.271. The van der Waals surface area contributed by atoms with Crippen LogP contribution in [-0.4, -0.2) is 39.9 Å². The summed E-state index contributed by atoms with van der Waals surface area (Å²) in [6.45, 7) is 33.3. The van der Waals surface area contributed by atoms with Crippen LogP contribution in [0, 0.1) is 27.7 Å². The van der Waals surface area contributed by atoms with Crippen molar-refractivity contribution in [3.63, 3.8) is 0 Å². The van der Waals surface area contributed by atoms with Crippen molar-refractivity contribution in [3.8, 4) is 44.5 Å². The van der Waals surface area contributed by atoms with Gasteiger partial charge in [-0.25, -0.2) is 19.9 Å². The summed E-state index contributed by atoms with van der Waals surface area (Å²) in [6, 6.07) is 38.8. The van der Waals surface area contributed by atoms with Crippen molar-refractivity contribution < 1.29 is 26.3 Å². The number of fused-ring (bicyclic) bond motifs is 16. The van der Waals surface area contributed by atoms with E-state index >= 15 is 26.3 Å². The number of hydrogen-bond acceptors (Lipinski definition) is 5. The third-order valence-electron chi connectivity index (χ3n) is 24.1. The summed E-state index contributed by atoms with van der Waals surface area (Å²) in [5.41, 5.74) is 31.2. The van der Waals surface area contributed by atoms with Crippen LogP contribution in [0.25, 0.3) is 133 Å². The molecule has 0 atom stereocenters. The Morgan fingerprint density at radius 3 is 0.939 bits per heavy atom. The Labute approximate surface area is 700 Å². The molecule has 6 aromatic heterocycles. The van der Waals surface area contributed by atoms with E-state index in [2.05, 4.69) is 232 Å². The number of anilines is 3. The lowest BCUT2D eigenvalue weighted by Gasteiger charge is -2.26. The number of aromatic nitrogens is 8. The Hall–Kier alpha value is -9.40. The molecule has 0 fully saturated rings. The van der Waals surface area contributed by atoms with Crippen LogP contribution >= 0.6 is 63.7 Å². The summed E-state index contributed by atoms with van der Waals surface area (Å²) >= 11 is 16.4. The largest absolute Gasteiger partial charge is 0.417 e. The predicted molar refractivity (Wildman–Crippen MR) is 480 cm³/mol. The first-order valence-electron chi connectivity index (χ1n) is 39.5. The molecule has 115 heavy (non-hydrogen) atoms. The van der Waals surface area contributed by atoms with Gasteiger partial charge in [-0.15, -0.1) is 0 Å². The van der Waals surface area contributed by atoms with E-state index in [0.29, 0.717) is 96.3 Å².